The summed E-state index contributed by atoms with van der Waals surface area (Å²) in [5.74, 6) is -1.52. The number of rotatable bonds is 4. The maximum absolute atomic E-state index is 11.5. The Labute approximate surface area is 131 Å². The fourth-order valence-electron chi connectivity index (χ4n) is 2.18. The first kappa shape index (κ1) is 17.4. The van der Waals surface area contributed by atoms with Crippen LogP contribution in [0.5, 0.6) is 11.5 Å². The molecule has 1 aliphatic rings. The lowest BCUT2D eigenvalue weighted by atomic mass is 9.99. The monoisotopic (exact) mass is 330 g/mol. The molecule has 0 spiro atoms. The Hall–Kier alpha value is -1.91. The van der Waals surface area contributed by atoms with Crippen LogP contribution in [0.15, 0.2) is 18.2 Å². The average Bonchev–Trinajstić information content (AvgIpc) is 2.56. The van der Waals surface area contributed by atoms with E-state index in [4.69, 9.17) is 14.6 Å². The molecule has 1 aliphatic heterocycles. The maximum Gasteiger partial charge on any atom is 0.341 e. The summed E-state index contributed by atoms with van der Waals surface area (Å²) in [7, 11) is 1.15. The van der Waals surface area contributed by atoms with E-state index >= 15 is 0 Å². The van der Waals surface area contributed by atoms with Crippen LogP contribution in [0, 0.1) is 0 Å². The predicted octanol–water partition coefficient (Wildman–Crippen LogP) is -1.64. The van der Waals surface area contributed by atoms with Gasteiger partial charge in [0, 0.05) is 0 Å². The van der Waals surface area contributed by atoms with Gasteiger partial charge in [0.05, 0.1) is 13.7 Å². The van der Waals surface area contributed by atoms with Gasteiger partial charge in [-0.05, 0) is 12.1 Å². The van der Waals surface area contributed by atoms with Crippen molar-refractivity contribution in [2.45, 2.75) is 30.7 Å². The van der Waals surface area contributed by atoms with Crippen molar-refractivity contribution >= 4 is 5.97 Å². The zero-order chi connectivity index (χ0) is 17.1. The molecule has 1 saturated heterocycles. The zero-order valence-corrected chi connectivity index (χ0v) is 12.2. The molecule has 0 radical (unpaired) electrons. The molecule has 1 aromatic rings. The summed E-state index contributed by atoms with van der Waals surface area (Å²) in [5.41, 5.74) is -0.158. The number of carbonyl (C=O) groups excluding carboxylic acids is 1. The minimum absolute atomic E-state index is 0.158. The van der Waals surface area contributed by atoms with E-state index in [1.54, 1.807) is 0 Å². The second-order valence-electron chi connectivity index (χ2n) is 4.96. The molecule has 9 heteroatoms. The van der Waals surface area contributed by atoms with Crippen molar-refractivity contribution in [3.63, 3.8) is 0 Å². The van der Waals surface area contributed by atoms with E-state index in [1.165, 1.54) is 18.2 Å². The van der Waals surface area contributed by atoms with Crippen LogP contribution >= 0.6 is 0 Å². The molecule has 1 heterocycles. The van der Waals surface area contributed by atoms with Crippen LogP contribution in [-0.2, 0) is 9.47 Å². The van der Waals surface area contributed by atoms with Gasteiger partial charge in [0.2, 0.25) is 6.29 Å². The van der Waals surface area contributed by atoms with Crippen molar-refractivity contribution in [3.8, 4) is 11.5 Å². The lowest BCUT2D eigenvalue weighted by Crippen LogP contribution is -2.60. The molecule has 128 valence electrons. The van der Waals surface area contributed by atoms with Crippen LogP contribution in [0.4, 0.5) is 0 Å². The van der Waals surface area contributed by atoms with Gasteiger partial charge in [0.1, 0.15) is 30.0 Å². The van der Waals surface area contributed by atoms with Crippen LogP contribution in [0.2, 0.25) is 0 Å². The van der Waals surface area contributed by atoms with Crippen molar-refractivity contribution in [1.82, 2.24) is 0 Å². The summed E-state index contributed by atoms with van der Waals surface area (Å²) in [4.78, 5) is 11.5. The second kappa shape index (κ2) is 7.11. The Bertz CT molecular complexity index is 559. The Balaban J connectivity index is 2.23. The third kappa shape index (κ3) is 3.38. The van der Waals surface area contributed by atoms with Crippen molar-refractivity contribution in [2.75, 3.05) is 13.7 Å². The number of phenolic OH excluding ortho intramolecular Hbond substituents is 1. The van der Waals surface area contributed by atoms with Crippen LogP contribution in [0.3, 0.4) is 0 Å². The van der Waals surface area contributed by atoms with Crippen molar-refractivity contribution in [1.29, 1.82) is 0 Å². The molecule has 1 aromatic carbocycles. The number of aliphatic hydroxyl groups excluding tert-OH is 4. The first-order valence-electron chi connectivity index (χ1n) is 6.78. The molecule has 5 N–H and O–H groups in total. The van der Waals surface area contributed by atoms with Gasteiger partial charge in [0.25, 0.3) is 0 Å². The molecular weight excluding hydrogens is 312 g/mol. The Morgan fingerprint density at radius 2 is 1.91 bits per heavy atom. The number of hydrogen-bond donors (Lipinski definition) is 5. The second-order valence-corrected chi connectivity index (χ2v) is 4.96. The first-order chi connectivity index (χ1) is 10.9. The normalized spacial score (nSPS) is 30.7. The lowest BCUT2D eigenvalue weighted by molar-refractivity contribution is -0.277. The number of phenols is 1. The van der Waals surface area contributed by atoms with Gasteiger partial charge in [-0.15, -0.1) is 0 Å². The minimum atomic E-state index is -1.63. The largest absolute Gasteiger partial charge is 0.504 e. The van der Waals surface area contributed by atoms with E-state index in [2.05, 4.69) is 4.74 Å². The number of hydrogen-bond acceptors (Lipinski definition) is 9. The molecule has 0 amide bonds. The number of ether oxygens (including phenoxy) is 3. The SMILES string of the molecule is COC(=O)c1cccc(OC2OC(CO)C(O)C(O)C2O)c1O. The van der Waals surface area contributed by atoms with Crippen molar-refractivity contribution in [3.05, 3.63) is 23.8 Å². The van der Waals surface area contributed by atoms with Gasteiger partial charge in [-0.2, -0.15) is 0 Å². The van der Waals surface area contributed by atoms with Gasteiger partial charge < -0.3 is 39.7 Å². The summed E-state index contributed by atoms with van der Waals surface area (Å²) < 4.78 is 14.9. The molecule has 5 unspecified atom stereocenters. The average molecular weight is 330 g/mol. The number of esters is 1. The lowest BCUT2D eigenvalue weighted by Gasteiger charge is -2.39. The molecule has 23 heavy (non-hydrogen) atoms. The van der Waals surface area contributed by atoms with E-state index in [0.29, 0.717) is 0 Å². The summed E-state index contributed by atoms with van der Waals surface area (Å²) in [6.45, 7) is -0.612. The molecule has 1 fully saturated rings. The van der Waals surface area contributed by atoms with Crippen LogP contribution in [-0.4, -0.2) is 75.9 Å². The topological polar surface area (TPSA) is 146 Å². The minimum Gasteiger partial charge on any atom is -0.504 e. The van der Waals surface area contributed by atoms with E-state index in [0.717, 1.165) is 7.11 Å². The number of aromatic hydroxyl groups is 1. The fourth-order valence-corrected chi connectivity index (χ4v) is 2.18. The standard InChI is InChI=1S/C14H18O9/c1-21-13(20)6-3-2-4-7(9(6)16)22-14-12(19)11(18)10(17)8(5-15)23-14/h2-4,8,10-12,14-19H,5H2,1H3. The van der Waals surface area contributed by atoms with Crippen molar-refractivity contribution < 1.29 is 44.5 Å². The molecule has 0 aromatic heterocycles. The Morgan fingerprint density at radius 1 is 1.22 bits per heavy atom. The number of benzene rings is 1. The maximum atomic E-state index is 11.5. The predicted molar refractivity (Wildman–Crippen MR) is 73.8 cm³/mol. The van der Waals surface area contributed by atoms with Crippen molar-refractivity contribution in [2.24, 2.45) is 0 Å². The van der Waals surface area contributed by atoms with Gasteiger partial charge >= 0.3 is 5.97 Å². The van der Waals surface area contributed by atoms with Crippen LogP contribution < -0.4 is 4.74 Å². The molecule has 5 atom stereocenters. The first-order valence-corrected chi connectivity index (χ1v) is 6.78. The quantitative estimate of drug-likeness (QED) is 0.410. The number of aliphatic hydroxyl groups is 4. The van der Waals surface area contributed by atoms with E-state index in [9.17, 15) is 25.2 Å². The van der Waals surface area contributed by atoms with E-state index in [-0.39, 0.29) is 11.3 Å². The molecule has 2 rings (SSSR count). The summed E-state index contributed by atoms with van der Waals surface area (Å²) >= 11 is 0. The van der Waals surface area contributed by atoms with Gasteiger partial charge in [-0.3, -0.25) is 0 Å². The zero-order valence-electron chi connectivity index (χ0n) is 12.2. The molecule has 9 nitrogen and oxygen atoms in total. The number of methoxy groups -OCH3 is 1. The number of para-hydroxylation sites is 1. The van der Waals surface area contributed by atoms with Gasteiger partial charge in [-0.1, -0.05) is 6.07 Å². The van der Waals surface area contributed by atoms with Crippen LogP contribution in [0.1, 0.15) is 10.4 Å². The highest BCUT2D eigenvalue weighted by atomic mass is 16.7. The van der Waals surface area contributed by atoms with Crippen LogP contribution in [0.25, 0.3) is 0 Å². The number of carbonyl (C=O) groups is 1. The highest BCUT2D eigenvalue weighted by molar-refractivity contribution is 5.93. The summed E-state index contributed by atoms with van der Waals surface area (Å²) in [5, 5.41) is 48.4. The van der Waals surface area contributed by atoms with E-state index in [1.807, 2.05) is 0 Å². The highest BCUT2D eigenvalue weighted by Crippen LogP contribution is 2.33. The summed E-state index contributed by atoms with van der Waals surface area (Å²) in [6.07, 6.45) is -7.38. The molecule has 0 bridgehead atoms. The highest BCUT2D eigenvalue weighted by Gasteiger charge is 2.45. The Morgan fingerprint density at radius 3 is 2.52 bits per heavy atom. The summed E-state index contributed by atoms with van der Waals surface area (Å²) in [6, 6.07) is 4.02. The third-order valence-corrected chi connectivity index (χ3v) is 3.50. The van der Waals surface area contributed by atoms with Gasteiger partial charge in [0.15, 0.2) is 11.5 Å². The molecule has 0 saturated carbocycles. The fraction of sp³-hybridized carbons (Fsp3) is 0.500. The van der Waals surface area contributed by atoms with Gasteiger partial charge in [-0.25, -0.2) is 4.79 Å². The Kier molecular flexibility index (Phi) is 5.39. The van der Waals surface area contributed by atoms with E-state index < -0.39 is 49.0 Å². The molecule has 0 aliphatic carbocycles. The molecular formula is C14H18O9. The third-order valence-electron chi connectivity index (χ3n) is 3.50. The smallest absolute Gasteiger partial charge is 0.341 e.